The van der Waals surface area contributed by atoms with Crippen LogP contribution in [0.1, 0.15) is 78.1 Å². The van der Waals surface area contributed by atoms with Crippen LogP contribution in [0.2, 0.25) is 10.0 Å². The van der Waals surface area contributed by atoms with Gasteiger partial charge in [0.25, 0.3) is 0 Å². The molecule has 0 saturated heterocycles. The van der Waals surface area contributed by atoms with Gasteiger partial charge in [-0.05, 0) is 0 Å². The van der Waals surface area contributed by atoms with Gasteiger partial charge >= 0.3 is 111 Å². The minimum atomic E-state index is 0.250. The molecule has 0 amide bonds. The van der Waals surface area contributed by atoms with Crippen molar-refractivity contribution in [1.82, 2.24) is 0 Å². The van der Waals surface area contributed by atoms with E-state index in [4.69, 9.17) is 9.59 Å². The number of hydrogen-bond donors (Lipinski definition) is 0. The van der Waals surface area contributed by atoms with Crippen molar-refractivity contribution in [1.29, 1.82) is 0 Å². The van der Waals surface area contributed by atoms with E-state index < -0.39 is 0 Å². The minimum absolute atomic E-state index is 0.250. The van der Waals surface area contributed by atoms with Gasteiger partial charge < -0.3 is 0 Å². The van der Waals surface area contributed by atoms with Gasteiger partial charge in [-0.3, -0.25) is 0 Å². The fraction of sp³-hybridized carbons (Fsp3) is 0.933. The topological polar surface area (TPSA) is 34.1 Å². The van der Waals surface area contributed by atoms with Crippen molar-refractivity contribution in [3.8, 4) is 0 Å². The molecule has 3 heteroatoms. The zero-order chi connectivity index (χ0) is 13.9. The van der Waals surface area contributed by atoms with Gasteiger partial charge in [-0.2, -0.15) is 9.59 Å². The van der Waals surface area contributed by atoms with Crippen molar-refractivity contribution in [2.75, 3.05) is 0 Å². The van der Waals surface area contributed by atoms with E-state index in [-0.39, 0.29) is 6.15 Å². The van der Waals surface area contributed by atoms with Crippen LogP contribution in [-0.2, 0) is 26.7 Å². The standard InChI is InChI=1S/2C7H15.CO2.Rh/c2*1-3-5-7-6-4-2;2-1-3;/h2*1,3-7H2,2H3;;. The van der Waals surface area contributed by atoms with Crippen LogP contribution in [0.5, 0.6) is 0 Å². The molecule has 0 aromatic heterocycles. The van der Waals surface area contributed by atoms with Crippen molar-refractivity contribution in [2.45, 2.75) is 88.1 Å². The Balaban J connectivity index is 0. The van der Waals surface area contributed by atoms with Crippen molar-refractivity contribution in [3.05, 3.63) is 0 Å². The second-order valence-corrected chi connectivity index (χ2v) is 6.87. The predicted octanol–water partition coefficient (Wildman–Crippen LogP) is 5.26. The number of hydrogen-bond acceptors (Lipinski definition) is 2. The Morgan fingerprint density at radius 1 is 0.667 bits per heavy atom. The summed E-state index contributed by atoms with van der Waals surface area (Å²) in [6.45, 7) is 4.58. The average molecular weight is 345 g/mol. The first-order chi connectivity index (χ1) is 8.83. The Labute approximate surface area is 121 Å². The van der Waals surface area contributed by atoms with Gasteiger partial charge in [0.05, 0.1) is 0 Å². The summed E-state index contributed by atoms with van der Waals surface area (Å²) in [6, 6.07) is 0. The van der Waals surface area contributed by atoms with E-state index >= 15 is 0 Å². The monoisotopic (exact) mass is 345 g/mol. The summed E-state index contributed by atoms with van der Waals surface area (Å²) in [5.41, 5.74) is 0. The van der Waals surface area contributed by atoms with Gasteiger partial charge in [0, 0.05) is 0 Å². The summed E-state index contributed by atoms with van der Waals surface area (Å²) in [4.78, 5) is 16.2. The molecule has 0 N–H and O–H groups in total. The molecule has 111 valence electrons. The fourth-order valence-electron chi connectivity index (χ4n) is 1.62. The molecular weight excluding hydrogens is 315 g/mol. The van der Waals surface area contributed by atoms with E-state index in [0.717, 1.165) is 17.1 Å². The molecular formula is C15H30O2Rh. The minimum Gasteiger partial charge on any atom is -0.186 e. The van der Waals surface area contributed by atoms with E-state index in [0.29, 0.717) is 0 Å². The van der Waals surface area contributed by atoms with Crippen LogP contribution >= 0.6 is 0 Å². The second kappa shape index (κ2) is 22.2. The van der Waals surface area contributed by atoms with E-state index in [2.05, 4.69) is 13.8 Å². The third-order valence-electron chi connectivity index (χ3n) is 2.68. The summed E-state index contributed by atoms with van der Waals surface area (Å²) in [5.74, 6) is 0. The zero-order valence-corrected chi connectivity index (χ0v) is 13.8. The van der Waals surface area contributed by atoms with E-state index in [1.807, 2.05) is 0 Å². The van der Waals surface area contributed by atoms with E-state index in [9.17, 15) is 0 Å². The molecule has 0 aromatic carbocycles. The average Bonchev–Trinajstić information content (AvgIpc) is 2.37. The van der Waals surface area contributed by atoms with Crippen molar-refractivity contribution in [3.63, 3.8) is 0 Å². The van der Waals surface area contributed by atoms with Crippen LogP contribution in [0.3, 0.4) is 0 Å². The quantitative estimate of drug-likeness (QED) is 0.357. The third kappa shape index (κ3) is 25.0. The van der Waals surface area contributed by atoms with Crippen molar-refractivity contribution >= 4 is 6.15 Å². The maximum Gasteiger partial charge on any atom is 0.373 e. The molecule has 0 bridgehead atoms. The molecule has 0 rings (SSSR count). The first kappa shape index (κ1) is 20.3. The molecule has 0 radical (unpaired) electrons. The molecule has 0 unspecified atom stereocenters. The molecule has 0 atom stereocenters. The Morgan fingerprint density at radius 3 is 1.33 bits per heavy atom. The Bertz CT molecular complexity index is 154. The Hall–Kier alpha value is 0.00338. The Kier molecular flexibility index (Phi) is 25.1. The summed E-state index contributed by atoms with van der Waals surface area (Å²) in [5, 5.41) is 3.11. The molecule has 18 heavy (non-hydrogen) atoms. The van der Waals surface area contributed by atoms with Crippen molar-refractivity contribution in [2.24, 2.45) is 0 Å². The van der Waals surface area contributed by atoms with E-state index in [1.165, 1.54) is 64.2 Å². The normalized spacial score (nSPS) is 9.67. The summed E-state index contributed by atoms with van der Waals surface area (Å²) >= 11 is 0.909. The van der Waals surface area contributed by atoms with Crippen LogP contribution < -0.4 is 0 Å². The van der Waals surface area contributed by atoms with Crippen molar-refractivity contribution < 1.29 is 26.7 Å². The first-order valence-corrected chi connectivity index (χ1v) is 9.61. The molecule has 0 saturated carbocycles. The number of unbranched alkanes of at least 4 members (excludes halogenated alkanes) is 8. The molecule has 0 aliphatic carbocycles. The number of rotatable bonds is 12. The maximum absolute atomic E-state index is 8.12. The molecule has 0 aliphatic rings. The zero-order valence-electron chi connectivity index (χ0n) is 12.1. The van der Waals surface area contributed by atoms with Gasteiger partial charge in [0.15, 0.2) is 0 Å². The molecule has 0 aliphatic heterocycles. The summed E-state index contributed by atoms with van der Waals surface area (Å²) < 4.78 is 0. The van der Waals surface area contributed by atoms with Gasteiger partial charge in [-0.25, -0.2) is 0 Å². The number of carbonyl (C=O) groups excluding carboxylic acids is 2. The van der Waals surface area contributed by atoms with Gasteiger partial charge in [0.2, 0.25) is 0 Å². The van der Waals surface area contributed by atoms with Gasteiger partial charge in [-0.1, -0.05) is 0 Å². The van der Waals surface area contributed by atoms with Crippen LogP contribution in [0.25, 0.3) is 0 Å². The largest absolute Gasteiger partial charge is 0.373 e. The first-order valence-electron chi connectivity index (χ1n) is 7.29. The van der Waals surface area contributed by atoms with Crippen LogP contribution in [0, 0.1) is 0 Å². The second-order valence-electron chi connectivity index (χ2n) is 4.41. The molecule has 0 spiro atoms. The van der Waals surface area contributed by atoms with E-state index in [1.54, 1.807) is 10.0 Å². The third-order valence-corrected chi connectivity index (χ3v) is 5.00. The molecule has 0 fully saturated rings. The van der Waals surface area contributed by atoms with Crippen LogP contribution in [0.4, 0.5) is 0 Å². The fourth-order valence-corrected chi connectivity index (χ4v) is 3.67. The molecule has 2 nitrogen and oxygen atoms in total. The summed E-state index contributed by atoms with van der Waals surface area (Å²) in [7, 11) is 0. The maximum atomic E-state index is 8.12. The van der Waals surface area contributed by atoms with Crippen LogP contribution in [0.15, 0.2) is 0 Å². The molecule has 0 aromatic rings. The predicted molar refractivity (Wildman–Crippen MR) is 72.1 cm³/mol. The molecule has 0 heterocycles. The van der Waals surface area contributed by atoms with Gasteiger partial charge in [0.1, 0.15) is 0 Å². The SMILES string of the molecule is CCCCCC[CH2][Rh][CH2]CCCCCC.O=C=O. The smallest absolute Gasteiger partial charge is 0.186 e. The van der Waals surface area contributed by atoms with Gasteiger partial charge in [-0.15, -0.1) is 0 Å². The van der Waals surface area contributed by atoms with Crippen LogP contribution in [-0.4, -0.2) is 6.15 Å². The summed E-state index contributed by atoms with van der Waals surface area (Å²) in [6.07, 6.45) is 14.9. The Morgan fingerprint density at radius 2 is 1.00 bits per heavy atom.